The molecule has 0 unspecified atom stereocenters. The summed E-state index contributed by atoms with van der Waals surface area (Å²) in [6.07, 6.45) is 0. The smallest absolute Gasteiger partial charge is 0.255 e. The van der Waals surface area contributed by atoms with Crippen LogP contribution in [0.4, 0.5) is 5.13 Å². The Morgan fingerprint density at radius 1 is 1.22 bits per heavy atom. The van der Waals surface area contributed by atoms with Gasteiger partial charge in [0.05, 0.1) is 10.6 Å². The number of hydrogen-bond acceptors (Lipinski definition) is 4. The summed E-state index contributed by atoms with van der Waals surface area (Å²) in [6, 6.07) is 4.13. The fourth-order valence-corrected chi connectivity index (χ4v) is 3.92. The quantitative estimate of drug-likeness (QED) is 0.939. The number of nitrogens with zero attached hydrogens (tertiary/aromatic N) is 1. The van der Waals surface area contributed by atoms with Gasteiger partial charge in [-0.1, -0.05) is 23.2 Å². The van der Waals surface area contributed by atoms with Crippen LogP contribution in [0.15, 0.2) is 28.5 Å². The van der Waals surface area contributed by atoms with Crippen molar-refractivity contribution < 1.29 is 8.42 Å². The maximum atomic E-state index is 12.1. The first-order valence-corrected chi connectivity index (χ1v) is 7.90. The molecule has 0 bridgehead atoms. The van der Waals surface area contributed by atoms with E-state index in [9.17, 15) is 8.42 Å². The van der Waals surface area contributed by atoms with Gasteiger partial charge in [0, 0.05) is 15.4 Å². The molecule has 1 aromatic carbocycles. The second-order valence-electron chi connectivity index (χ2n) is 3.50. The lowest BCUT2D eigenvalue weighted by atomic mass is 10.4. The van der Waals surface area contributed by atoms with E-state index in [1.807, 2.05) is 0 Å². The maximum absolute atomic E-state index is 12.1. The van der Waals surface area contributed by atoms with Crippen molar-refractivity contribution in [3.8, 4) is 0 Å². The van der Waals surface area contributed by atoms with E-state index in [4.69, 9.17) is 23.2 Å². The monoisotopic (exact) mass is 322 g/mol. The summed E-state index contributed by atoms with van der Waals surface area (Å²) >= 11 is 12.8. The lowest BCUT2D eigenvalue weighted by Crippen LogP contribution is -2.12. The van der Waals surface area contributed by atoms with Gasteiger partial charge in [0.15, 0.2) is 5.13 Å². The first-order valence-electron chi connectivity index (χ1n) is 4.78. The Kier molecular flexibility index (Phi) is 3.82. The van der Waals surface area contributed by atoms with Crippen molar-refractivity contribution in [1.29, 1.82) is 0 Å². The van der Waals surface area contributed by atoms with E-state index in [2.05, 4.69) is 9.71 Å². The van der Waals surface area contributed by atoms with Crippen molar-refractivity contribution in [3.05, 3.63) is 39.3 Å². The Labute approximate surface area is 119 Å². The number of benzene rings is 1. The van der Waals surface area contributed by atoms with Crippen LogP contribution in [0.3, 0.4) is 0 Å². The number of anilines is 1. The van der Waals surface area contributed by atoms with E-state index in [-0.39, 0.29) is 14.9 Å². The van der Waals surface area contributed by atoms with Gasteiger partial charge in [0.25, 0.3) is 10.0 Å². The minimum atomic E-state index is -3.72. The second kappa shape index (κ2) is 5.05. The topological polar surface area (TPSA) is 59.1 Å². The van der Waals surface area contributed by atoms with Crippen molar-refractivity contribution in [2.75, 3.05) is 4.72 Å². The molecule has 0 aliphatic rings. The number of sulfonamides is 1. The minimum Gasteiger partial charge on any atom is -0.255 e. The molecule has 4 nitrogen and oxygen atoms in total. The molecule has 1 N–H and O–H groups in total. The normalized spacial score (nSPS) is 11.5. The third-order valence-electron chi connectivity index (χ3n) is 1.99. The van der Waals surface area contributed by atoms with E-state index >= 15 is 0 Å². The van der Waals surface area contributed by atoms with Crippen LogP contribution in [-0.4, -0.2) is 13.4 Å². The summed E-state index contributed by atoms with van der Waals surface area (Å²) < 4.78 is 26.5. The Bertz CT molecular complexity index is 663. The molecule has 0 radical (unpaired) electrons. The molecule has 2 rings (SSSR count). The van der Waals surface area contributed by atoms with Crippen molar-refractivity contribution in [1.82, 2.24) is 4.98 Å². The first kappa shape index (κ1) is 13.6. The zero-order chi connectivity index (χ0) is 13.3. The average molecular weight is 323 g/mol. The number of thiazole rings is 1. The Morgan fingerprint density at radius 2 is 1.83 bits per heavy atom. The molecule has 1 heterocycles. The molecular formula is C10H8Cl2N2O2S2. The van der Waals surface area contributed by atoms with Crippen LogP contribution in [0, 0.1) is 6.92 Å². The standard InChI is InChI=1S/C10H8Cl2N2O2S2/c1-6-5-17-10(13-6)14-18(15,16)9-3-7(11)2-8(12)4-9/h2-5H,1H3,(H,13,14). The third kappa shape index (κ3) is 3.14. The summed E-state index contributed by atoms with van der Waals surface area (Å²) in [5.41, 5.74) is 0.752. The van der Waals surface area contributed by atoms with Gasteiger partial charge in [-0.2, -0.15) is 0 Å². The van der Waals surface area contributed by atoms with Crippen LogP contribution in [0.2, 0.25) is 10.0 Å². The number of aryl methyl sites for hydroxylation is 1. The van der Waals surface area contributed by atoms with Gasteiger partial charge in [-0.15, -0.1) is 11.3 Å². The van der Waals surface area contributed by atoms with Gasteiger partial charge < -0.3 is 0 Å². The van der Waals surface area contributed by atoms with Crippen LogP contribution in [0.25, 0.3) is 0 Å². The van der Waals surface area contributed by atoms with Gasteiger partial charge in [0.1, 0.15) is 0 Å². The lowest BCUT2D eigenvalue weighted by molar-refractivity contribution is 0.601. The molecule has 96 valence electrons. The van der Waals surface area contributed by atoms with Crippen LogP contribution in [0.5, 0.6) is 0 Å². The Morgan fingerprint density at radius 3 is 2.33 bits per heavy atom. The minimum absolute atomic E-state index is 0.00727. The molecule has 0 aliphatic carbocycles. The van der Waals surface area contributed by atoms with E-state index < -0.39 is 10.0 Å². The van der Waals surface area contributed by atoms with Crippen molar-refractivity contribution >= 4 is 49.7 Å². The molecular weight excluding hydrogens is 315 g/mol. The van der Waals surface area contributed by atoms with E-state index in [0.29, 0.717) is 5.13 Å². The Hall–Kier alpha value is -0.820. The Balaban J connectivity index is 2.36. The lowest BCUT2D eigenvalue weighted by Gasteiger charge is -2.06. The highest BCUT2D eigenvalue weighted by molar-refractivity contribution is 7.93. The van der Waals surface area contributed by atoms with Gasteiger partial charge >= 0.3 is 0 Å². The number of aromatic nitrogens is 1. The van der Waals surface area contributed by atoms with Crippen LogP contribution < -0.4 is 4.72 Å². The zero-order valence-corrected chi connectivity index (χ0v) is 12.3. The van der Waals surface area contributed by atoms with Crippen LogP contribution >= 0.6 is 34.5 Å². The summed E-state index contributed by atoms with van der Waals surface area (Å²) in [5.74, 6) is 0. The van der Waals surface area contributed by atoms with E-state index in [0.717, 1.165) is 5.69 Å². The van der Waals surface area contributed by atoms with Gasteiger partial charge in [-0.05, 0) is 25.1 Å². The predicted octanol–water partition coefficient (Wildman–Crippen LogP) is 3.56. The fraction of sp³-hybridized carbons (Fsp3) is 0.100. The molecule has 0 aliphatic heterocycles. The molecule has 0 atom stereocenters. The zero-order valence-electron chi connectivity index (χ0n) is 9.15. The maximum Gasteiger partial charge on any atom is 0.263 e. The largest absolute Gasteiger partial charge is 0.263 e. The highest BCUT2D eigenvalue weighted by Gasteiger charge is 2.17. The van der Waals surface area contributed by atoms with Gasteiger partial charge in [0.2, 0.25) is 0 Å². The van der Waals surface area contributed by atoms with E-state index in [1.165, 1.54) is 29.5 Å². The summed E-state index contributed by atoms with van der Waals surface area (Å²) in [4.78, 5) is 4.04. The molecule has 18 heavy (non-hydrogen) atoms. The second-order valence-corrected chi connectivity index (χ2v) is 6.92. The SMILES string of the molecule is Cc1csc(NS(=O)(=O)c2cc(Cl)cc(Cl)c2)n1. The van der Waals surface area contributed by atoms with Crippen molar-refractivity contribution in [2.45, 2.75) is 11.8 Å². The number of nitrogens with one attached hydrogen (secondary N) is 1. The third-order valence-corrected chi connectivity index (χ3v) is 4.75. The highest BCUT2D eigenvalue weighted by atomic mass is 35.5. The average Bonchev–Trinajstić information content (AvgIpc) is 2.61. The van der Waals surface area contributed by atoms with Crippen molar-refractivity contribution in [3.63, 3.8) is 0 Å². The summed E-state index contributed by atoms with van der Waals surface area (Å²) in [5, 5.41) is 2.59. The molecule has 8 heteroatoms. The molecule has 0 saturated carbocycles. The van der Waals surface area contributed by atoms with Crippen LogP contribution in [-0.2, 0) is 10.0 Å². The van der Waals surface area contributed by atoms with Gasteiger partial charge in [-0.25, -0.2) is 13.4 Å². The van der Waals surface area contributed by atoms with Crippen molar-refractivity contribution in [2.24, 2.45) is 0 Å². The molecule has 0 amide bonds. The highest BCUT2D eigenvalue weighted by Crippen LogP contribution is 2.25. The summed E-state index contributed by atoms with van der Waals surface area (Å²) in [6.45, 7) is 1.78. The van der Waals surface area contributed by atoms with Crippen LogP contribution in [0.1, 0.15) is 5.69 Å². The number of rotatable bonds is 3. The molecule has 0 spiro atoms. The van der Waals surface area contributed by atoms with E-state index in [1.54, 1.807) is 12.3 Å². The number of halogens is 2. The number of hydrogen-bond donors (Lipinski definition) is 1. The predicted molar refractivity (Wildman–Crippen MR) is 74.1 cm³/mol. The molecule has 0 fully saturated rings. The summed E-state index contributed by atoms with van der Waals surface area (Å²) in [7, 11) is -3.72. The fourth-order valence-electron chi connectivity index (χ4n) is 1.26. The van der Waals surface area contributed by atoms with Gasteiger partial charge in [-0.3, -0.25) is 4.72 Å². The molecule has 2 aromatic rings. The first-order chi connectivity index (χ1) is 8.37. The molecule has 1 aromatic heterocycles. The molecule has 0 saturated heterocycles.